The van der Waals surface area contributed by atoms with Crippen molar-refractivity contribution in [3.05, 3.63) is 22.1 Å². The Bertz CT molecular complexity index is 652. The molecule has 0 aromatic carbocycles. The van der Waals surface area contributed by atoms with Crippen LogP contribution in [0.1, 0.15) is 37.0 Å². The van der Waals surface area contributed by atoms with Gasteiger partial charge >= 0.3 is 0 Å². The standard InChI is InChI=1S/C11H18N6O2S2/c1-3-4-12-6-9-5-10(7-20-9)21(18,19)15-8(2)11-13-16-17-14-11/h5,7-8,12,15H,3-4,6H2,1-2H3,(H,13,14,16,17). The zero-order valence-corrected chi connectivity index (χ0v) is 13.5. The fourth-order valence-electron chi connectivity index (χ4n) is 1.69. The molecule has 0 saturated heterocycles. The highest BCUT2D eigenvalue weighted by Crippen LogP contribution is 2.20. The van der Waals surface area contributed by atoms with Gasteiger partial charge in [-0.05, 0) is 26.0 Å². The van der Waals surface area contributed by atoms with Crippen LogP contribution in [0.4, 0.5) is 0 Å². The Labute approximate surface area is 127 Å². The first-order valence-electron chi connectivity index (χ1n) is 6.56. The van der Waals surface area contributed by atoms with E-state index < -0.39 is 16.1 Å². The van der Waals surface area contributed by atoms with Gasteiger partial charge in [-0.3, -0.25) is 0 Å². The van der Waals surface area contributed by atoms with E-state index in [0.717, 1.165) is 17.8 Å². The predicted octanol–water partition coefficient (Wildman–Crippen LogP) is 0.800. The monoisotopic (exact) mass is 330 g/mol. The second-order valence-electron chi connectivity index (χ2n) is 4.54. The van der Waals surface area contributed by atoms with Crippen LogP contribution in [0.3, 0.4) is 0 Å². The van der Waals surface area contributed by atoms with Gasteiger partial charge in [-0.15, -0.1) is 21.5 Å². The highest BCUT2D eigenvalue weighted by molar-refractivity contribution is 7.89. The number of hydrogen-bond donors (Lipinski definition) is 3. The SMILES string of the molecule is CCCNCc1cc(S(=O)(=O)NC(C)c2nn[nH]n2)cs1. The molecule has 0 amide bonds. The van der Waals surface area contributed by atoms with E-state index in [1.807, 2.05) is 0 Å². The molecule has 1 unspecified atom stereocenters. The first-order chi connectivity index (χ1) is 10.0. The van der Waals surface area contributed by atoms with Gasteiger partial charge in [0.15, 0.2) is 5.82 Å². The first-order valence-corrected chi connectivity index (χ1v) is 8.93. The maximum atomic E-state index is 12.3. The van der Waals surface area contributed by atoms with E-state index in [4.69, 9.17) is 0 Å². The average Bonchev–Trinajstić information content (AvgIpc) is 3.10. The molecule has 2 aromatic rings. The normalized spacial score (nSPS) is 13.4. The second-order valence-corrected chi connectivity index (χ2v) is 7.25. The first kappa shape index (κ1) is 16.0. The van der Waals surface area contributed by atoms with Crippen LogP contribution in [0.2, 0.25) is 0 Å². The molecular formula is C11H18N6O2S2. The Balaban J connectivity index is 2.02. The smallest absolute Gasteiger partial charge is 0.242 e. The summed E-state index contributed by atoms with van der Waals surface area (Å²) in [6.45, 7) is 5.33. The van der Waals surface area contributed by atoms with Crippen LogP contribution in [0.5, 0.6) is 0 Å². The topological polar surface area (TPSA) is 113 Å². The summed E-state index contributed by atoms with van der Waals surface area (Å²) in [5, 5.41) is 18.1. The predicted molar refractivity (Wildman–Crippen MR) is 79.2 cm³/mol. The van der Waals surface area contributed by atoms with E-state index in [-0.39, 0.29) is 4.90 Å². The minimum atomic E-state index is -3.58. The van der Waals surface area contributed by atoms with Crippen LogP contribution >= 0.6 is 11.3 Å². The molecule has 116 valence electrons. The average molecular weight is 330 g/mol. The summed E-state index contributed by atoms with van der Waals surface area (Å²) in [4.78, 5) is 1.24. The number of H-pyrrole nitrogens is 1. The van der Waals surface area contributed by atoms with Gasteiger partial charge in [-0.1, -0.05) is 12.1 Å². The Hall–Kier alpha value is -1.36. The summed E-state index contributed by atoms with van der Waals surface area (Å²) in [6.07, 6.45) is 1.04. The van der Waals surface area contributed by atoms with Crippen molar-refractivity contribution in [1.82, 2.24) is 30.7 Å². The summed E-state index contributed by atoms with van der Waals surface area (Å²) >= 11 is 1.42. The lowest BCUT2D eigenvalue weighted by Gasteiger charge is -2.09. The number of sulfonamides is 1. The minimum Gasteiger partial charge on any atom is -0.312 e. The van der Waals surface area contributed by atoms with Crippen molar-refractivity contribution in [3.63, 3.8) is 0 Å². The van der Waals surface area contributed by atoms with Crippen molar-refractivity contribution in [2.75, 3.05) is 6.54 Å². The maximum Gasteiger partial charge on any atom is 0.242 e. The van der Waals surface area contributed by atoms with Crippen molar-refractivity contribution in [1.29, 1.82) is 0 Å². The third kappa shape index (κ3) is 4.30. The Kier molecular flexibility index (Phi) is 5.39. The lowest BCUT2D eigenvalue weighted by molar-refractivity contribution is 0.560. The van der Waals surface area contributed by atoms with Gasteiger partial charge in [0.2, 0.25) is 10.0 Å². The second kappa shape index (κ2) is 7.07. The fourth-order valence-corrected chi connectivity index (χ4v) is 4.13. The molecule has 0 saturated carbocycles. The van der Waals surface area contributed by atoms with Crippen LogP contribution in [0.25, 0.3) is 0 Å². The molecule has 0 fully saturated rings. The van der Waals surface area contributed by atoms with Gasteiger partial charge in [0, 0.05) is 16.8 Å². The van der Waals surface area contributed by atoms with Crippen LogP contribution < -0.4 is 10.0 Å². The van der Waals surface area contributed by atoms with E-state index in [2.05, 4.69) is 37.6 Å². The van der Waals surface area contributed by atoms with Crippen molar-refractivity contribution in [3.8, 4) is 0 Å². The molecule has 8 nitrogen and oxygen atoms in total. The van der Waals surface area contributed by atoms with Crippen molar-refractivity contribution < 1.29 is 8.42 Å². The number of rotatable bonds is 8. The molecule has 0 bridgehead atoms. The lowest BCUT2D eigenvalue weighted by atomic mass is 10.4. The van der Waals surface area contributed by atoms with Crippen LogP contribution in [0, 0.1) is 0 Å². The fraction of sp³-hybridized carbons (Fsp3) is 0.545. The Morgan fingerprint density at radius 3 is 2.95 bits per heavy atom. The Morgan fingerprint density at radius 2 is 2.29 bits per heavy atom. The molecule has 10 heteroatoms. The van der Waals surface area contributed by atoms with Gasteiger partial charge in [0.1, 0.15) is 0 Å². The molecular weight excluding hydrogens is 312 g/mol. The summed E-state index contributed by atoms with van der Waals surface area (Å²) in [5.41, 5.74) is 0. The van der Waals surface area contributed by atoms with Crippen LogP contribution in [0.15, 0.2) is 16.3 Å². The minimum absolute atomic E-state index is 0.260. The summed E-state index contributed by atoms with van der Waals surface area (Å²) in [5.74, 6) is 0.304. The zero-order valence-electron chi connectivity index (χ0n) is 11.8. The third-order valence-corrected chi connectivity index (χ3v) is 5.35. The van der Waals surface area contributed by atoms with Gasteiger partial charge in [-0.2, -0.15) is 5.21 Å². The highest BCUT2D eigenvalue weighted by Gasteiger charge is 2.21. The van der Waals surface area contributed by atoms with Crippen molar-refractivity contribution >= 4 is 21.4 Å². The lowest BCUT2D eigenvalue weighted by Crippen LogP contribution is -2.27. The number of nitrogens with zero attached hydrogens (tertiary/aromatic N) is 3. The van der Waals surface area contributed by atoms with Crippen molar-refractivity contribution in [2.45, 2.75) is 37.8 Å². The van der Waals surface area contributed by atoms with Gasteiger partial charge in [-0.25, -0.2) is 13.1 Å². The van der Waals surface area contributed by atoms with E-state index in [1.54, 1.807) is 18.4 Å². The third-order valence-electron chi connectivity index (χ3n) is 2.75. The number of aromatic amines is 1. The van der Waals surface area contributed by atoms with Crippen molar-refractivity contribution in [2.24, 2.45) is 0 Å². The maximum absolute atomic E-state index is 12.3. The molecule has 1 atom stereocenters. The molecule has 0 aliphatic rings. The number of nitrogens with one attached hydrogen (secondary N) is 3. The molecule has 21 heavy (non-hydrogen) atoms. The summed E-state index contributed by atoms with van der Waals surface area (Å²) in [7, 11) is -3.58. The van der Waals surface area contributed by atoms with E-state index in [9.17, 15) is 8.42 Å². The molecule has 2 rings (SSSR count). The van der Waals surface area contributed by atoms with Crippen LogP contribution in [-0.4, -0.2) is 35.6 Å². The zero-order chi connectivity index (χ0) is 15.3. The summed E-state index contributed by atoms with van der Waals surface area (Å²) < 4.78 is 27.1. The number of tetrazole rings is 1. The molecule has 2 heterocycles. The molecule has 0 aliphatic carbocycles. The summed E-state index contributed by atoms with van der Waals surface area (Å²) in [6, 6.07) is 1.13. The number of hydrogen-bond acceptors (Lipinski definition) is 7. The van der Waals surface area contributed by atoms with E-state index in [0.29, 0.717) is 12.4 Å². The molecule has 0 spiro atoms. The number of aromatic nitrogens is 4. The highest BCUT2D eigenvalue weighted by atomic mass is 32.2. The molecule has 0 radical (unpaired) electrons. The van der Waals surface area contributed by atoms with E-state index in [1.165, 1.54) is 11.3 Å². The van der Waals surface area contributed by atoms with E-state index >= 15 is 0 Å². The molecule has 2 aromatic heterocycles. The Morgan fingerprint density at radius 1 is 1.48 bits per heavy atom. The van der Waals surface area contributed by atoms with Crippen LogP contribution in [-0.2, 0) is 16.6 Å². The molecule has 3 N–H and O–H groups in total. The van der Waals surface area contributed by atoms with Gasteiger partial charge in [0.05, 0.1) is 10.9 Å². The quantitative estimate of drug-likeness (QED) is 0.617. The van der Waals surface area contributed by atoms with Gasteiger partial charge < -0.3 is 5.32 Å². The largest absolute Gasteiger partial charge is 0.312 e. The number of thiophene rings is 1. The van der Waals surface area contributed by atoms with Gasteiger partial charge in [0.25, 0.3) is 0 Å². The molecule has 0 aliphatic heterocycles.